The van der Waals surface area contributed by atoms with Crippen molar-refractivity contribution in [1.82, 2.24) is 10.2 Å². The molecule has 0 radical (unpaired) electrons. The molecule has 31 heavy (non-hydrogen) atoms. The van der Waals surface area contributed by atoms with E-state index in [4.69, 9.17) is 4.74 Å². The maximum Gasteiger partial charge on any atom is 0.226 e. The summed E-state index contributed by atoms with van der Waals surface area (Å²) in [4.78, 5) is 28.3. The lowest BCUT2D eigenvalue weighted by Crippen LogP contribution is -2.68. The minimum absolute atomic E-state index is 0.0421. The number of carbonyl (C=O) groups is 2. The molecule has 1 spiro atoms. The molecule has 2 saturated carbocycles. The molecule has 2 aliphatic carbocycles. The molecule has 4 fully saturated rings. The largest absolute Gasteiger partial charge is 0.380 e. The Hall–Kier alpha value is -2.44. The summed E-state index contributed by atoms with van der Waals surface area (Å²) < 4.78 is 31.7. The standard InChI is InChI=1S/C22H25N3O5S/c23-10-22(6-7-22)24-19(26)17-8-16(31(28,29)15-4-2-1-3-5-15)9-18(17)20(27)25-11-21(12-25)13-30-14-21/h1-5,16-18H,6-9,11-14H2,(H,24,26)/t16-,17-,18-/m1/s1. The van der Waals surface area contributed by atoms with E-state index in [2.05, 4.69) is 11.4 Å². The molecular weight excluding hydrogens is 418 g/mol. The molecule has 164 valence electrons. The van der Waals surface area contributed by atoms with Gasteiger partial charge in [0.05, 0.1) is 46.7 Å². The normalized spacial score (nSPS) is 30.0. The Bertz CT molecular complexity index is 1050. The lowest BCUT2D eigenvalue weighted by molar-refractivity contribution is -0.198. The first-order chi connectivity index (χ1) is 14.8. The fourth-order valence-corrected chi connectivity index (χ4v) is 6.90. The molecule has 4 aliphatic rings. The Labute approximate surface area is 181 Å². The van der Waals surface area contributed by atoms with Gasteiger partial charge in [-0.05, 0) is 37.8 Å². The highest BCUT2D eigenvalue weighted by atomic mass is 32.2. The van der Waals surface area contributed by atoms with Gasteiger partial charge < -0.3 is 15.0 Å². The van der Waals surface area contributed by atoms with Crippen LogP contribution in [0.2, 0.25) is 0 Å². The van der Waals surface area contributed by atoms with Crippen molar-refractivity contribution in [2.75, 3.05) is 26.3 Å². The van der Waals surface area contributed by atoms with Crippen molar-refractivity contribution in [3.8, 4) is 6.07 Å². The molecule has 3 atom stereocenters. The van der Waals surface area contributed by atoms with Crippen LogP contribution in [0.1, 0.15) is 25.7 Å². The van der Waals surface area contributed by atoms with E-state index in [9.17, 15) is 23.3 Å². The smallest absolute Gasteiger partial charge is 0.226 e. The van der Waals surface area contributed by atoms with Crippen molar-refractivity contribution >= 4 is 21.7 Å². The number of hydrogen-bond donors (Lipinski definition) is 1. The van der Waals surface area contributed by atoms with E-state index in [1.54, 1.807) is 35.2 Å². The van der Waals surface area contributed by atoms with E-state index in [-0.39, 0.29) is 35.0 Å². The lowest BCUT2D eigenvalue weighted by Gasteiger charge is -2.55. The second-order valence-electron chi connectivity index (χ2n) is 9.53. The number of sulfone groups is 1. The average molecular weight is 444 g/mol. The van der Waals surface area contributed by atoms with Gasteiger partial charge in [-0.15, -0.1) is 0 Å². The van der Waals surface area contributed by atoms with E-state index in [1.807, 2.05) is 0 Å². The first-order valence-electron chi connectivity index (χ1n) is 10.7. The molecule has 1 aromatic rings. The third kappa shape index (κ3) is 3.42. The summed E-state index contributed by atoms with van der Waals surface area (Å²) >= 11 is 0. The minimum Gasteiger partial charge on any atom is -0.380 e. The van der Waals surface area contributed by atoms with E-state index in [0.29, 0.717) is 39.1 Å². The fourth-order valence-electron chi connectivity index (χ4n) is 5.06. The third-order valence-electron chi connectivity index (χ3n) is 7.19. The van der Waals surface area contributed by atoms with Gasteiger partial charge in [0.2, 0.25) is 11.8 Å². The predicted octanol–water partition coefficient (Wildman–Crippen LogP) is 0.886. The zero-order valence-corrected chi connectivity index (χ0v) is 17.9. The molecule has 5 rings (SSSR count). The number of ether oxygens (including phenoxy) is 1. The summed E-state index contributed by atoms with van der Waals surface area (Å²) in [6.45, 7) is 2.46. The highest BCUT2D eigenvalue weighted by molar-refractivity contribution is 7.92. The van der Waals surface area contributed by atoms with Gasteiger partial charge in [-0.2, -0.15) is 5.26 Å². The summed E-state index contributed by atoms with van der Waals surface area (Å²) in [7, 11) is -3.67. The first-order valence-corrected chi connectivity index (χ1v) is 12.2. The molecule has 2 aliphatic heterocycles. The van der Waals surface area contributed by atoms with Crippen LogP contribution in [-0.2, 0) is 24.2 Å². The van der Waals surface area contributed by atoms with Crippen LogP contribution in [0.15, 0.2) is 35.2 Å². The van der Waals surface area contributed by atoms with Crippen LogP contribution in [0.4, 0.5) is 0 Å². The molecular formula is C22H25N3O5S. The maximum atomic E-state index is 13.3. The zero-order valence-electron chi connectivity index (χ0n) is 17.1. The number of amides is 2. The van der Waals surface area contributed by atoms with Gasteiger partial charge in [-0.25, -0.2) is 8.42 Å². The molecule has 2 amide bonds. The number of likely N-dealkylation sites (tertiary alicyclic amines) is 1. The quantitative estimate of drug-likeness (QED) is 0.722. The number of nitrogens with one attached hydrogen (secondary N) is 1. The minimum atomic E-state index is -3.67. The molecule has 2 saturated heterocycles. The van der Waals surface area contributed by atoms with Crippen LogP contribution in [-0.4, -0.2) is 62.2 Å². The Morgan fingerprint density at radius 2 is 1.74 bits per heavy atom. The van der Waals surface area contributed by atoms with E-state index >= 15 is 0 Å². The van der Waals surface area contributed by atoms with Gasteiger partial charge in [0, 0.05) is 13.1 Å². The fraction of sp³-hybridized carbons (Fsp3) is 0.591. The van der Waals surface area contributed by atoms with Gasteiger partial charge in [-0.1, -0.05) is 18.2 Å². The van der Waals surface area contributed by atoms with Gasteiger partial charge in [0.25, 0.3) is 0 Å². The average Bonchev–Trinajstić information content (AvgIpc) is 3.31. The Balaban J connectivity index is 1.37. The Morgan fingerprint density at radius 3 is 2.29 bits per heavy atom. The van der Waals surface area contributed by atoms with Crippen LogP contribution in [0.3, 0.4) is 0 Å². The van der Waals surface area contributed by atoms with Crippen molar-refractivity contribution in [2.45, 2.75) is 41.4 Å². The van der Waals surface area contributed by atoms with Crippen molar-refractivity contribution in [3.05, 3.63) is 30.3 Å². The van der Waals surface area contributed by atoms with Crippen molar-refractivity contribution < 1.29 is 22.7 Å². The second kappa shape index (κ2) is 7.04. The number of carbonyl (C=O) groups excluding carboxylic acids is 2. The Morgan fingerprint density at radius 1 is 1.10 bits per heavy atom. The number of hydrogen-bond acceptors (Lipinski definition) is 6. The monoisotopic (exact) mass is 443 g/mol. The summed E-state index contributed by atoms with van der Waals surface area (Å²) in [5.74, 6) is -2.00. The maximum absolute atomic E-state index is 13.3. The van der Waals surface area contributed by atoms with E-state index in [1.165, 1.54) is 0 Å². The molecule has 9 heteroatoms. The van der Waals surface area contributed by atoms with Gasteiger partial charge >= 0.3 is 0 Å². The number of benzene rings is 1. The van der Waals surface area contributed by atoms with Crippen LogP contribution in [0, 0.1) is 28.6 Å². The molecule has 2 heterocycles. The Kier molecular flexibility index (Phi) is 4.65. The van der Waals surface area contributed by atoms with Gasteiger partial charge in [-0.3, -0.25) is 9.59 Å². The van der Waals surface area contributed by atoms with Crippen LogP contribution < -0.4 is 5.32 Å². The van der Waals surface area contributed by atoms with Crippen LogP contribution in [0.5, 0.6) is 0 Å². The summed E-state index contributed by atoms with van der Waals surface area (Å²) in [6, 6.07) is 10.3. The second-order valence-corrected chi connectivity index (χ2v) is 11.8. The van der Waals surface area contributed by atoms with E-state index < -0.39 is 32.5 Å². The van der Waals surface area contributed by atoms with Gasteiger partial charge in [0.1, 0.15) is 5.54 Å². The lowest BCUT2D eigenvalue weighted by atomic mass is 9.77. The molecule has 0 unspecified atom stereocenters. The highest BCUT2D eigenvalue weighted by Crippen LogP contribution is 2.44. The van der Waals surface area contributed by atoms with Crippen LogP contribution in [0.25, 0.3) is 0 Å². The highest BCUT2D eigenvalue weighted by Gasteiger charge is 2.56. The zero-order chi connectivity index (χ0) is 21.9. The van der Waals surface area contributed by atoms with Crippen molar-refractivity contribution in [3.63, 3.8) is 0 Å². The summed E-state index contributed by atoms with van der Waals surface area (Å²) in [5, 5.41) is 11.3. The van der Waals surface area contributed by atoms with E-state index in [0.717, 1.165) is 0 Å². The molecule has 8 nitrogen and oxygen atoms in total. The van der Waals surface area contributed by atoms with Crippen LogP contribution >= 0.6 is 0 Å². The topological polar surface area (TPSA) is 117 Å². The SMILES string of the molecule is N#CC1(NC(=O)[C@@H]2C[C@@H](S(=O)(=O)c3ccccc3)C[C@H]2C(=O)N2CC3(COC3)C2)CC1. The van der Waals surface area contributed by atoms with Crippen molar-refractivity contribution in [1.29, 1.82) is 5.26 Å². The third-order valence-corrected chi connectivity index (χ3v) is 9.38. The van der Waals surface area contributed by atoms with Crippen molar-refractivity contribution in [2.24, 2.45) is 17.3 Å². The molecule has 1 N–H and O–H groups in total. The molecule has 0 bridgehead atoms. The molecule has 0 aromatic heterocycles. The summed E-state index contributed by atoms with van der Waals surface area (Å²) in [6.07, 6.45) is 1.37. The molecule has 1 aromatic carbocycles. The van der Waals surface area contributed by atoms with Gasteiger partial charge in [0.15, 0.2) is 9.84 Å². The number of rotatable bonds is 5. The first kappa shape index (κ1) is 20.5. The number of nitrogens with zero attached hydrogens (tertiary/aromatic N) is 2. The summed E-state index contributed by atoms with van der Waals surface area (Å²) in [5.41, 5.74) is -0.814. The number of nitriles is 1. The predicted molar refractivity (Wildman–Crippen MR) is 109 cm³/mol.